The van der Waals surface area contributed by atoms with Crippen molar-refractivity contribution in [3.8, 4) is 5.75 Å². The van der Waals surface area contributed by atoms with E-state index in [0.29, 0.717) is 13.0 Å². The summed E-state index contributed by atoms with van der Waals surface area (Å²) in [6.07, 6.45) is 0.588. The van der Waals surface area contributed by atoms with Gasteiger partial charge < -0.3 is 4.74 Å². The molecule has 106 valence electrons. The van der Waals surface area contributed by atoms with Crippen LogP contribution in [0.2, 0.25) is 0 Å². The fourth-order valence-electron chi connectivity index (χ4n) is 1.93. The van der Waals surface area contributed by atoms with Gasteiger partial charge in [-0.1, -0.05) is 34.1 Å². The van der Waals surface area contributed by atoms with Crippen LogP contribution in [0.15, 0.2) is 42.5 Å². The fraction of sp³-hybridized carbons (Fsp3) is 0.250. The molecular weight excluding hydrogens is 326 g/mol. The molecule has 1 atom stereocenters. The standard InChI is InChI=1S/C16H15BrF2O/c1-2-20-13-6-4-12(5-7-13)14(17)9-11-3-8-15(18)16(19)10-11/h3-8,10,14H,2,9H2,1H3. The molecule has 0 aliphatic rings. The third-order valence-corrected chi connectivity index (χ3v) is 3.80. The lowest BCUT2D eigenvalue weighted by Crippen LogP contribution is -1.98. The van der Waals surface area contributed by atoms with Crippen LogP contribution >= 0.6 is 15.9 Å². The number of alkyl halides is 1. The predicted octanol–water partition coefficient (Wildman–Crippen LogP) is 5.04. The molecule has 0 heterocycles. The number of hydrogen-bond donors (Lipinski definition) is 0. The fourth-order valence-corrected chi connectivity index (χ4v) is 2.61. The van der Waals surface area contributed by atoms with Crippen LogP contribution < -0.4 is 4.74 Å². The highest BCUT2D eigenvalue weighted by atomic mass is 79.9. The summed E-state index contributed by atoms with van der Waals surface area (Å²) in [7, 11) is 0. The highest BCUT2D eigenvalue weighted by molar-refractivity contribution is 9.09. The zero-order valence-corrected chi connectivity index (χ0v) is 12.7. The molecule has 20 heavy (non-hydrogen) atoms. The van der Waals surface area contributed by atoms with Crippen LogP contribution in [0.3, 0.4) is 0 Å². The van der Waals surface area contributed by atoms with Crippen LogP contribution in [0.25, 0.3) is 0 Å². The minimum Gasteiger partial charge on any atom is -0.494 e. The molecule has 0 N–H and O–H groups in total. The molecule has 1 unspecified atom stereocenters. The van der Waals surface area contributed by atoms with Gasteiger partial charge >= 0.3 is 0 Å². The maximum absolute atomic E-state index is 13.2. The molecule has 0 radical (unpaired) electrons. The van der Waals surface area contributed by atoms with Crippen molar-refractivity contribution in [2.24, 2.45) is 0 Å². The Kier molecular flexibility index (Phi) is 5.12. The quantitative estimate of drug-likeness (QED) is 0.692. The summed E-state index contributed by atoms with van der Waals surface area (Å²) in [5.41, 5.74) is 1.82. The second-order valence-corrected chi connectivity index (χ2v) is 5.53. The van der Waals surface area contributed by atoms with E-state index in [1.807, 2.05) is 31.2 Å². The third-order valence-electron chi connectivity index (χ3n) is 2.95. The second-order valence-electron chi connectivity index (χ2n) is 4.42. The van der Waals surface area contributed by atoms with Gasteiger partial charge in [0.25, 0.3) is 0 Å². The minimum atomic E-state index is -0.819. The monoisotopic (exact) mass is 340 g/mol. The van der Waals surface area contributed by atoms with E-state index in [0.717, 1.165) is 22.9 Å². The Morgan fingerprint density at radius 2 is 1.75 bits per heavy atom. The number of hydrogen-bond acceptors (Lipinski definition) is 1. The SMILES string of the molecule is CCOc1ccc(C(Br)Cc2ccc(F)c(F)c2)cc1. The van der Waals surface area contributed by atoms with Crippen LogP contribution in [0.4, 0.5) is 8.78 Å². The molecule has 0 amide bonds. The molecule has 0 spiro atoms. The van der Waals surface area contributed by atoms with Crippen LogP contribution in [0.1, 0.15) is 22.9 Å². The van der Waals surface area contributed by atoms with Gasteiger partial charge in [0, 0.05) is 4.83 Å². The van der Waals surface area contributed by atoms with Gasteiger partial charge in [-0.15, -0.1) is 0 Å². The molecule has 2 rings (SSSR count). The van der Waals surface area contributed by atoms with Gasteiger partial charge in [-0.05, 0) is 48.7 Å². The first kappa shape index (κ1) is 15.0. The topological polar surface area (TPSA) is 9.23 Å². The molecule has 0 aliphatic heterocycles. The molecule has 0 bridgehead atoms. The molecule has 0 saturated carbocycles. The summed E-state index contributed by atoms with van der Waals surface area (Å²) < 4.78 is 31.4. The average Bonchev–Trinajstić information content (AvgIpc) is 2.44. The molecular formula is C16H15BrF2O. The van der Waals surface area contributed by atoms with Gasteiger partial charge in [0.15, 0.2) is 11.6 Å². The van der Waals surface area contributed by atoms with E-state index in [2.05, 4.69) is 15.9 Å². The zero-order valence-electron chi connectivity index (χ0n) is 11.1. The van der Waals surface area contributed by atoms with E-state index < -0.39 is 11.6 Å². The molecule has 0 saturated heterocycles. The smallest absolute Gasteiger partial charge is 0.159 e. The maximum atomic E-state index is 13.2. The molecule has 0 fully saturated rings. The van der Waals surface area contributed by atoms with Crippen molar-refractivity contribution in [1.82, 2.24) is 0 Å². The van der Waals surface area contributed by atoms with Crippen molar-refractivity contribution < 1.29 is 13.5 Å². The largest absolute Gasteiger partial charge is 0.494 e. The van der Waals surface area contributed by atoms with Crippen molar-refractivity contribution >= 4 is 15.9 Å². The first-order chi connectivity index (χ1) is 9.60. The Labute approximate surface area is 125 Å². The third kappa shape index (κ3) is 3.79. The summed E-state index contributed by atoms with van der Waals surface area (Å²) >= 11 is 3.57. The van der Waals surface area contributed by atoms with Crippen LogP contribution in [0, 0.1) is 11.6 Å². The van der Waals surface area contributed by atoms with Crippen LogP contribution in [-0.2, 0) is 6.42 Å². The highest BCUT2D eigenvalue weighted by Gasteiger charge is 2.10. The van der Waals surface area contributed by atoms with Gasteiger partial charge in [-0.2, -0.15) is 0 Å². The number of benzene rings is 2. The number of ether oxygens (including phenoxy) is 1. The van der Waals surface area contributed by atoms with Crippen molar-refractivity contribution in [2.75, 3.05) is 6.61 Å². The Balaban J connectivity index is 2.06. The summed E-state index contributed by atoms with van der Waals surface area (Å²) in [5, 5.41) is 0. The van der Waals surface area contributed by atoms with Gasteiger partial charge in [0.1, 0.15) is 5.75 Å². The van der Waals surface area contributed by atoms with E-state index in [9.17, 15) is 8.78 Å². The zero-order chi connectivity index (χ0) is 14.5. The van der Waals surface area contributed by atoms with E-state index in [-0.39, 0.29) is 4.83 Å². The lowest BCUT2D eigenvalue weighted by atomic mass is 10.0. The first-order valence-electron chi connectivity index (χ1n) is 6.41. The van der Waals surface area contributed by atoms with E-state index >= 15 is 0 Å². The molecule has 1 nitrogen and oxygen atoms in total. The minimum absolute atomic E-state index is 0.0445. The van der Waals surface area contributed by atoms with Gasteiger partial charge in [-0.25, -0.2) is 8.78 Å². The molecule has 2 aromatic rings. The Morgan fingerprint density at radius 3 is 2.35 bits per heavy atom. The Morgan fingerprint density at radius 1 is 1.05 bits per heavy atom. The summed E-state index contributed by atoms with van der Waals surface area (Å²) in [6, 6.07) is 11.7. The summed E-state index contributed by atoms with van der Waals surface area (Å²) in [5.74, 6) is -0.807. The van der Waals surface area contributed by atoms with Crippen molar-refractivity contribution in [1.29, 1.82) is 0 Å². The van der Waals surface area contributed by atoms with Crippen LogP contribution in [0.5, 0.6) is 5.75 Å². The van der Waals surface area contributed by atoms with Crippen molar-refractivity contribution in [2.45, 2.75) is 18.2 Å². The average molecular weight is 341 g/mol. The van der Waals surface area contributed by atoms with Crippen LogP contribution in [-0.4, -0.2) is 6.61 Å². The van der Waals surface area contributed by atoms with E-state index in [1.54, 1.807) is 6.07 Å². The predicted molar refractivity (Wildman–Crippen MR) is 79.3 cm³/mol. The number of rotatable bonds is 5. The molecule has 0 aliphatic carbocycles. The lowest BCUT2D eigenvalue weighted by molar-refractivity contribution is 0.340. The molecule has 0 aromatic heterocycles. The summed E-state index contributed by atoms with van der Waals surface area (Å²) in [6.45, 7) is 2.57. The molecule has 2 aromatic carbocycles. The lowest BCUT2D eigenvalue weighted by Gasteiger charge is -2.11. The second kappa shape index (κ2) is 6.84. The van der Waals surface area contributed by atoms with Gasteiger partial charge in [-0.3, -0.25) is 0 Å². The first-order valence-corrected chi connectivity index (χ1v) is 7.32. The highest BCUT2D eigenvalue weighted by Crippen LogP contribution is 2.28. The Bertz CT molecular complexity index is 569. The van der Waals surface area contributed by atoms with Gasteiger partial charge in [0.2, 0.25) is 0 Å². The summed E-state index contributed by atoms with van der Waals surface area (Å²) in [4.78, 5) is 0.0445. The van der Waals surface area contributed by atoms with Crippen molar-refractivity contribution in [3.05, 3.63) is 65.2 Å². The number of halogens is 3. The molecule has 4 heteroatoms. The van der Waals surface area contributed by atoms with Crippen molar-refractivity contribution in [3.63, 3.8) is 0 Å². The van der Waals surface area contributed by atoms with E-state index in [4.69, 9.17) is 4.74 Å². The maximum Gasteiger partial charge on any atom is 0.159 e. The van der Waals surface area contributed by atoms with Gasteiger partial charge in [0.05, 0.1) is 6.61 Å². The van der Waals surface area contributed by atoms with E-state index in [1.165, 1.54) is 6.07 Å². The normalized spacial score (nSPS) is 12.2. The Hall–Kier alpha value is -1.42.